The molecule has 0 saturated heterocycles. The summed E-state index contributed by atoms with van der Waals surface area (Å²) in [4.78, 5) is 0. The topological polar surface area (TPSA) is 25.2 Å². The van der Waals surface area contributed by atoms with Crippen LogP contribution in [0.15, 0.2) is 33.2 Å². The molecule has 2 rings (SSSR count). The second-order valence-corrected chi connectivity index (χ2v) is 5.92. The Labute approximate surface area is 131 Å². The number of benzene rings is 1. The van der Waals surface area contributed by atoms with Crippen LogP contribution in [0.2, 0.25) is 10.0 Å². The van der Waals surface area contributed by atoms with E-state index in [9.17, 15) is 0 Å². The van der Waals surface area contributed by atoms with E-state index in [1.54, 1.807) is 12.1 Å². The fourth-order valence-corrected chi connectivity index (χ4v) is 3.17. The van der Waals surface area contributed by atoms with E-state index in [1.165, 1.54) is 0 Å². The van der Waals surface area contributed by atoms with Gasteiger partial charge in [-0.25, -0.2) is 0 Å². The summed E-state index contributed by atoms with van der Waals surface area (Å²) in [6.07, 6.45) is 1.10. The van der Waals surface area contributed by atoms with E-state index in [2.05, 4.69) is 28.2 Å². The summed E-state index contributed by atoms with van der Waals surface area (Å²) in [7, 11) is 0. The molecule has 0 amide bonds. The van der Waals surface area contributed by atoms with Gasteiger partial charge in [0.05, 0.1) is 22.2 Å². The van der Waals surface area contributed by atoms with Gasteiger partial charge in [0.1, 0.15) is 11.5 Å². The smallest absolute Gasteiger partial charge is 0.137 e. The second kappa shape index (κ2) is 6.80. The maximum Gasteiger partial charge on any atom is 0.137 e. The minimum Gasteiger partial charge on any atom is -0.460 e. The van der Waals surface area contributed by atoms with Gasteiger partial charge in [-0.3, -0.25) is 0 Å². The van der Waals surface area contributed by atoms with Gasteiger partial charge in [0.2, 0.25) is 0 Å². The van der Waals surface area contributed by atoms with Crippen molar-refractivity contribution in [3.63, 3.8) is 0 Å². The summed E-state index contributed by atoms with van der Waals surface area (Å²) < 4.78 is 6.62. The largest absolute Gasteiger partial charge is 0.460 e. The number of hydrogen-bond acceptors (Lipinski definition) is 2. The molecule has 1 heterocycles. The summed E-state index contributed by atoms with van der Waals surface area (Å²) in [5, 5.41) is 4.43. The van der Waals surface area contributed by atoms with Crippen LogP contribution in [0.3, 0.4) is 0 Å². The third-order valence-electron chi connectivity index (χ3n) is 2.64. The molecule has 0 spiro atoms. The van der Waals surface area contributed by atoms with Crippen LogP contribution < -0.4 is 5.32 Å². The molecule has 2 aromatic rings. The lowest BCUT2D eigenvalue weighted by molar-refractivity contribution is 0.493. The van der Waals surface area contributed by atoms with Gasteiger partial charge in [-0.1, -0.05) is 46.1 Å². The number of hydrogen-bond donors (Lipinski definition) is 1. The van der Waals surface area contributed by atoms with Gasteiger partial charge in [-0.2, -0.15) is 0 Å². The molecule has 2 nitrogen and oxygen atoms in total. The zero-order chi connectivity index (χ0) is 13.8. The third-order valence-corrected chi connectivity index (χ3v) is 3.69. The minimum absolute atomic E-state index is 0.571. The highest BCUT2D eigenvalue weighted by Gasteiger charge is 2.13. The minimum atomic E-state index is 0.571. The van der Waals surface area contributed by atoms with Crippen LogP contribution in [-0.2, 0) is 6.54 Å². The molecule has 0 unspecified atom stereocenters. The Balaban J connectivity index is 2.23. The van der Waals surface area contributed by atoms with Crippen LogP contribution in [0.25, 0.3) is 11.3 Å². The molecule has 102 valence electrons. The van der Waals surface area contributed by atoms with Crippen LogP contribution in [-0.4, -0.2) is 6.54 Å². The van der Waals surface area contributed by atoms with Crippen LogP contribution in [0.4, 0.5) is 0 Å². The van der Waals surface area contributed by atoms with Crippen molar-refractivity contribution >= 4 is 39.1 Å². The Kier molecular flexibility index (Phi) is 5.34. The molecule has 0 aliphatic carbocycles. The molecule has 0 radical (unpaired) electrons. The zero-order valence-corrected chi connectivity index (χ0v) is 13.6. The number of halogens is 3. The van der Waals surface area contributed by atoms with Crippen LogP contribution in [0, 0.1) is 0 Å². The highest BCUT2D eigenvalue weighted by molar-refractivity contribution is 9.10. The van der Waals surface area contributed by atoms with Crippen LogP contribution >= 0.6 is 39.1 Å². The van der Waals surface area contributed by atoms with Crippen molar-refractivity contribution in [2.24, 2.45) is 0 Å². The molecular weight excluding hydrogens is 349 g/mol. The first-order valence-corrected chi connectivity index (χ1v) is 7.61. The van der Waals surface area contributed by atoms with Gasteiger partial charge < -0.3 is 9.73 Å². The molecule has 5 heteroatoms. The predicted octanol–water partition coefficient (Wildman–Crippen LogP) is 5.52. The maximum absolute atomic E-state index is 6.22. The van der Waals surface area contributed by atoms with Gasteiger partial charge in [0.25, 0.3) is 0 Å². The Bertz CT molecular complexity index is 545. The monoisotopic (exact) mass is 361 g/mol. The maximum atomic E-state index is 6.22. The van der Waals surface area contributed by atoms with Crippen molar-refractivity contribution in [2.45, 2.75) is 19.9 Å². The summed E-state index contributed by atoms with van der Waals surface area (Å²) in [5.74, 6) is 1.56. The highest BCUT2D eigenvalue weighted by Crippen LogP contribution is 2.37. The zero-order valence-electron chi connectivity index (χ0n) is 10.5. The van der Waals surface area contributed by atoms with Crippen molar-refractivity contribution in [3.8, 4) is 11.3 Å². The van der Waals surface area contributed by atoms with Gasteiger partial charge in [-0.15, -0.1) is 0 Å². The van der Waals surface area contributed by atoms with E-state index >= 15 is 0 Å². The van der Waals surface area contributed by atoms with E-state index in [4.69, 9.17) is 27.6 Å². The van der Waals surface area contributed by atoms with Crippen molar-refractivity contribution in [1.29, 1.82) is 0 Å². The van der Waals surface area contributed by atoms with E-state index < -0.39 is 0 Å². The molecule has 0 aliphatic rings. The molecule has 0 fully saturated rings. The summed E-state index contributed by atoms with van der Waals surface area (Å²) in [6.45, 7) is 3.80. The predicted molar refractivity (Wildman–Crippen MR) is 83.9 cm³/mol. The molecule has 1 N–H and O–H groups in total. The van der Waals surface area contributed by atoms with Gasteiger partial charge in [-0.05, 0) is 37.2 Å². The third kappa shape index (κ3) is 3.76. The molecule has 0 atom stereocenters. The van der Waals surface area contributed by atoms with Crippen LogP contribution in [0.1, 0.15) is 19.1 Å². The van der Waals surface area contributed by atoms with Crippen molar-refractivity contribution < 1.29 is 4.42 Å². The average molecular weight is 363 g/mol. The Morgan fingerprint density at radius 3 is 2.53 bits per heavy atom. The lowest BCUT2D eigenvalue weighted by Gasteiger charge is -2.05. The molecular formula is C14H14BrCl2NO. The highest BCUT2D eigenvalue weighted by atomic mass is 79.9. The van der Waals surface area contributed by atoms with E-state index in [0.717, 1.165) is 28.8 Å². The Hall–Kier alpha value is -0.480. The molecule has 0 saturated carbocycles. The lowest BCUT2D eigenvalue weighted by atomic mass is 10.2. The van der Waals surface area contributed by atoms with Crippen LogP contribution in [0.5, 0.6) is 0 Å². The first kappa shape index (κ1) is 14.9. The number of nitrogens with one attached hydrogen (secondary N) is 1. The SMILES string of the molecule is CCCNCc1ccc(-c2c(Cl)cc(Br)cc2Cl)o1. The average Bonchev–Trinajstić information content (AvgIpc) is 2.76. The van der Waals surface area contributed by atoms with Crippen molar-refractivity contribution in [3.05, 3.63) is 44.5 Å². The number of furan rings is 1. The fourth-order valence-electron chi connectivity index (χ4n) is 1.77. The standard InChI is InChI=1S/C14H14BrCl2NO/c1-2-5-18-8-10-3-4-13(19-10)14-11(16)6-9(15)7-12(14)17/h3-4,6-7,18H,2,5,8H2,1H3. The molecule has 0 bridgehead atoms. The first-order valence-electron chi connectivity index (χ1n) is 6.06. The molecule has 19 heavy (non-hydrogen) atoms. The summed E-state index contributed by atoms with van der Waals surface area (Å²) in [5.41, 5.74) is 0.730. The lowest BCUT2D eigenvalue weighted by Crippen LogP contribution is -2.12. The number of rotatable bonds is 5. The van der Waals surface area contributed by atoms with E-state index in [1.807, 2.05) is 12.1 Å². The normalized spacial score (nSPS) is 10.9. The fraction of sp³-hybridized carbons (Fsp3) is 0.286. The van der Waals surface area contributed by atoms with Gasteiger partial charge >= 0.3 is 0 Å². The summed E-state index contributed by atoms with van der Waals surface area (Å²) in [6, 6.07) is 7.44. The molecule has 1 aromatic carbocycles. The summed E-state index contributed by atoms with van der Waals surface area (Å²) >= 11 is 15.8. The first-order chi connectivity index (χ1) is 9.11. The Morgan fingerprint density at radius 2 is 1.89 bits per heavy atom. The van der Waals surface area contributed by atoms with Crippen molar-refractivity contribution in [1.82, 2.24) is 5.32 Å². The quantitative estimate of drug-likeness (QED) is 0.709. The second-order valence-electron chi connectivity index (χ2n) is 4.19. The van der Waals surface area contributed by atoms with Crippen molar-refractivity contribution in [2.75, 3.05) is 6.54 Å². The van der Waals surface area contributed by atoms with E-state index in [-0.39, 0.29) is 0 Å². The Morgan fingerprint density at radius 1 is 1.21 bits per heavy atom. The van der Waals surface area contributed by atoms with Gasteiger partial charge in [0.15, 0.2) is 0 Å². The molecule has 0 aliphatic heterocycles. The van der Waals surface area contributed by atoms with E-state index in [0.29, 0.717) is 22.4 Å². The van der Waals surface area contributed by atoms with Gasteiger partial charge in [0, 0.05) is 4.47 Å². The molecule has 1 aromatic heterocycles.